The van der Waals surface area contributed by atoms with Crippen molar-refractivity contribution in [2.24, 2.45) is 0 Å². The van der Waals surface area contributed by atoms with Gasteiger partial charge in [-0.1, -0.05) is 43.9 Å². The molecule has 2 aromatic heterocycles. The Kier molecular flexibility index (Phi) is 5.54. The number of carbonyl (C=O) groups is 2. The van der Waals surface area contributed by atoms with Gasteiger partial charge in [-0.2, -0.15) is 0 Å². The summed E-state index contributed by atoms with van der Waals surface area (Å²) in [6, 6.07) is 11.5. The third-order valence-electron chi connectivity index (χ3n) is 6.87. The standard InChI is InChI=1S/C25H28ClN3O2S/c1-3-19-13-20-22(32-19)14-21-23(30)29(18-11-7-8-16(26)12-18)25(2,15-28(20)21)24(31)27-17-9-5-4-6-10-17/h7-8,11-14,17H,3-6,9-10,15H2,1-2H3,(H,27,31). The number of thiophene rings is 1. The summed E-state index contributed by atoms with van der Waals surface area (Å²) in [6.45, 7) is 4.42. The summed E-state index contributed by atoms with van der Waals surface area (Å²) in [7, 11) is 0. The highest BCUT2D eigenvalue weighted by Crippen LogP contribution is 2.39. The van der Waals surface area contributed by atoms with Crippen molar-refractivity contribution in [2.45, 2.75) is 70.5 Å². The Bertz CT molecular complexity index is 1190. The smallest absolute Gasteiger partial charge is 0.275 e. The predicted octanol–water partition coefficient (Wildman–Crippen LogP) is 5.79. The van der Waals surface area contributed by atoms with Crippen molar-refractivity contribution in [3.05, 3.63) is 52.0 Å². The van der Waals surface area contributed by atoms with Crippen molar-refractivity contribution >= 4 is 50.7 Å². The maximum absolute atomic E-state index is 13.8. The van der Waals surface area contributed by atoms with E-state index in [0.29, 0.717) is 22.9 Å². The number of nitrogens with one attached hydrogen (secondary N) is 1. The molecule has 1 aliphatic heterocycles. The molecule has 168 valence electrons. The Morgan fingerprint density at radius 3 is 2.72 bits per heavy atom. The van der Waals surface area contributed by atoms with Gasteiger partial charge in [-0.3, -0.25) is 14.5 Å². The van der Waals surface area contributed by atoms with Crippen LogP contribution in [0.25, 0.3) is 10.2 Å². The largest absolute Gasteiger partial charge is 0.351 e. The highest BCUT2D eigenvalue weighted by atomic mass is 35.5. The van der Waals surface area contributed by atoms with Gasteiger partial charge in [-0.05, 0) is 56.5 Å². The highest BCUT2D eigenvalue weighted by Gasteiger charge is 2.49. The molecular weight excluding hydrogens is 442 g/mol. The molecule has 1 N–H and O–H groups in total. The molecule has 2 aliphatic rings. The van der Waals surface area contributed by atoms with Crippen LogP contribution in [-0.2, 0) is 17.8 Å². The third-order valence-corrected chi connectivity index (χ3v) is 8.32. The number of anilines is 1. The number of aromatic nitrogens is 1. The molecule has 0 spiro atoms. The first-order valence-corrected chi connectivity index (χ1v) is 12.6. The van der Waals surface area contributed by atoms with Crippen LogP contribution in [0.15, 0.2) is 36.4 Å². The second kappa shape index (κ2) is 8.23. The van der Waals surface area contributed by atoms with Crippen LogP contribution < -0.4 is 10.2 Å². The second-order valence-electron chi connectivity index (χ2n) is 9.13. The summed E-state index contributed by atoms with van der Waals surface area (Å²) in [5, 5.41) is 3.82. The van der Waals surface area contributed by atoms with Crippen LogP contribution in [0.5, 0.6) is 0 Å². The summed E-state index contributed by atoms with van der Waals surface area (Å²) in [5.41, 5.74) is 1.25. The summed E-state index contributed by atoms with van der Waals surface area (Å²) in [5.74, 6) is -0.266. The van der Waals surface area contributed by atoms with E-state index in [4.69, 9.17) is 11.6 Å². The normalized spacial score (nSPS) is 21.7. The average Bonchev–Trinajstić information content (AvgIpc) is 3.33. The molecule has 7 heteroatoms. The minimum absolute atomic E-state index is 0.101. The highest BCUT2D eigenvalue weighted by molar-refractivity contribution is 7.19. The fourth-order valence-electron chi connectivity index (χ4n) is 5.11. The zero-order valence-corrected chi connectivity index (χ0v) is 20.1. The fraction of sp³-hybridized carbons (Fsp3) is 0.440. The van der Waals surface area contributed by atoms with Gasteiger partial charge >= 0.3 is 0 Å². The third kappa shape index (κ3) is 3.54. The van der Waals surface area contributed by atoms with E-state index in [1.165, 1.54) is 11.3 Å². The zero-order chi connectivity index (χ0) is 22.5. The molecule has 0 saturated heterocycles. The lowest BCUT2D eigenvalue weighted by atomic mass is 9.91. The van der Waals surface area contributed by atoms with Crippen LogP contribution >= 0.6 is 22.9 Å². The Balaban J connectivity index is 1.61. The summed E-state index contributed by atoms with van der Waals surface area (Å²) < 4.78 is 3.13. The minimum atomic E-state index is -1.06. The molecule has 2 amide bonds. The Hall–Kier alpha value is -2.31. The van der Waals surface area contributed by atoms with Crippen molar-refractivity contribution in [3.8, 4) is 0 Å². The van der Waals surface area contributed by atoms with E-state index in [9.17, 15) is 9.59 Å². The van der Waals surface area contributed by atoms with Crippen LogP contribution in [0.2, 0.25) is 5.02 Å². The van der Waals surface area contributed by atoms with Crippen LogP contribution in [-0.4, -0.2) is 28.0 Å². The lowest BCUT2D eigenvalue weighted by Gasteiger charge is -2.44. The first-order valence-electron chi connectivity index (χ1n) is 11.4. The van der Waals surface area contributed by atoms with Gasteiger partial charge in [-0.15, -0.1) is 11.3 Å². The summed E-state index contributed by atoms with van der Waals surface area (Å²) in [6.07, 6.45) is 6.44. The molecule has 1 unspecified atom stereocenters. The SMILES string of the molecule is CCc1cc2c(cc3n2CC(C)(C(=O)NC2CCCCC2)N(c2cccc(Cl)c2)C3=O)s1. The Morgan fingerprint density at radius 1 is 1.22 bits per heavy atom. The molecule has 3 aromatic rings. The van der Waals surface area contributed by atoms with Gasteiger partial charge in [0.1, 0.15) is 11.2 Å². The zero-order valence-electron chi connectivity index (χ0n) is 18.5. The number of fused-ring (bicyclic) bond motifs is 3. The monoisotopic (exact) mass is 469 g/mol. The van der Waals surface area contributed by atoms with Gasteiger partial charge in [0.2, 0.25) is 5.91 Å². The first kappa shape index (κ1) is 21.5. The number of amides is 2. The van der Waals surface area contributed by atoms with Gasteiger partial charge in [-0.25, -0.2) is 0 Å². The van der Waals surface area contributed by atoms with Gasteiger partial charge < -0.3 is 9.88 Å². The molecule has 1 aliphatic carbocycles. The number of benzene rings is 1. The van der Waals surface area contributed by atoms with E-state index in [-0.39, 0.29) is 17.9 Å². The molecule has 1 fully saturated rings. The van der Waals surface area contributed by atoms with Gasteiger partial charge in [0, 0.05) is 21.6 Å². The number of hydrogen-bond acceptors (Lipinski definition) is 3. The van der Waals surface area contributed by atoms with E-state index in [1.54, 1.807) is 28.4 Å². The first-order chi connectivity index (χ1) is 15.4. The maximum Gasteiger partial charge on any atom is 0.275 e. The quantitative estimate of drug-likeness (QED) is 0.526. The molecule has 32 heavy (non-hydrogen) atoms. The molecule has 0 bridgehead atoms. The van der Waals surface area contributed by atoms with Crippen LogP contribution in [0.3, 0.4) is 0 Å². The van der Waals surface area contributed by atoms with E-state index in [0.717, 1.165) is 42.3 Å². The summed E-state index contributed by atoms with van der Waals surface area (Å²) >= 11 is 7.99. The van der Waals surface area contributed by atoms with E-state index in [1.807, 2.05) is 29.7 Å². The van der Waals surface area contributed by atoms with Gasteiger partial charge in [0.15, 0.2) is 0 Å². The number of rotatable bonds is 4. The number of nitrogens with zero attached hydrogens (tertiary/aromatic N) is 2. The lowest BCUT2D eigenvalue weighted by molar-refractivity contribution is -0.127. The molecule has 1 aromatic carbocycles. The van der Waals surface area contributed by atoms with E-state index < -0.39 is 5.54 Å². The molecular formula is C25H28ClN3O2S. The average molecular weight is 470 g/mol. The number of hydrogen-bond donors (Lipinski definition) is 1. The van der Waals surface area contributed by atoms with Crippen molar-refractivity contribution in [3.63, 3.8) is 0 Å². The predicted molar refractivity (Wildman–Crippen MR) is 131 cm³/mol. The summed E-state index contributed by atoms with van der Waals surface area (Å²) in [4.78, 5) is 30.6. The molecule has 5 nitrogen and oxygen atoms in total. The fourth-order valence-corrected chi connectivity index (χ4v) is 6.34. The van der Waals surface area contributed by atoms with Gasteiger partial charge in [0.25, 0.3) is 5.91 Å². The topological polar surface area (TPSA) is 54.3 Å². The van der Waals surface area contributed by atoms with Crippen molar-refractivity contribution in [1.82, 2.24) is 9.88 Å². The molecule has 3 heterocycles. The van der Waals surface area contributed by atoms with Crippen molar-refractivity contribution in [2.75, 3.05) is 4.90 Å². The number of halogens is 1. The van der Waals surface area contributed by atoms with E-state index in [2.05, 4.69) is 18.3 Å². The lowest BCUT2D eigenvalue weighted by Crippen LogP contribution is -2.65. The molecule has 5 rings (SSSR count). The van der Waals surface area contributed by atoms with Crippen LogP contribution in [0, 0.1) is 0 Å². The second-order valence-corrected chi connectivity index (χ2v) is 10.7. The molecule has 1 saturated carbocycles. The van der Waals surface area contributed by atoms with Gasteiger partial charge in [0.05, 0.1) is 16.8 Å². The molecule has 1 atom stereocenters. The number of carbonyl (C=O) groups excluding carboxylic acids is 2. The van der Waals surface area contributed by atoms with Crippen LogP contribution in [0.1, 0.15) is 61.3 Å². The van der Waals surface area contributed by atoms with E-state index >= 15 is 0 Å². The Morgan fingerprint density at radius 2 is 2.00 bits per heavy atom. The Labute approximate surface area is 197 Å². The van der Waals surface area contributed by atoms with Crippen molar-refractivity contribution < 1.29 is 9.59 Å². The maximum atomic E-state index is 13.8. The minimum Gasteiger partial charge on any atom is -0.351 e. The van der Waals surface area contributed by atoms with Crippen LogP contribution in [0.4, 0.5) is 5.69 Å². The van der Waals surface area contributed by atoms with Crippen molar-refractivity contribution in [1.29, 1.82) is 0 Å². The molecule has 0 radical (unpaired) electrons. The number of aryl methyl sites for hydroxylation is 1.